The molecule has 0 aliphatic rings. The zero-order chi connectivity index (χ0) is 15.6. The van der Waals surface area contributed by atoms with E-state index in [1.165, 1.54) is 36.4 Å². The van der Waals surface area contributed by atoms with Crippen LogP contribution in [0.2, 0.25) is 0 Å². The quantitative estimate of drug-likeness (QED) is 0.849. The molecule has 3 N–H and O–H groups in total. The maximum absolute atomic E-state index is 13.3. The van der Waals surface area contributed by atoms with Gasteiger partial charge in [-0.15, -0.1) is 0 Å². The predicted molar refractivity (Wildman–Crippen MR) is 78.3 cm³/mol. The minimum atomic E-state index is -3.40. The lowest BCUT2D eigenvalue weighted by molar-refractivity contribution is 0.102. The Hall–Kier alpha value is -2.41. The van der Waals surface area contributed by atoms with Crippen LogP contribution in [-0.2, 0) is 9.84 Å². The number of nitrogens with one attached hydrogen (secondary N) is 1. The van der Waals surface area contributed by atoms with Crippen molar-refractivity contribution in [3.63, 3.8) is 0 Å². The lowest BCUT2D eigenvalue weighted by atomic mass is 10.2. The van der Waals surface area contributed by atoms with E-state index in [9.17, 15) is 17.6 Å². The minimum Gasteiger partial charge on any atom is -0.396 e. The fourth-order valence-electron chi connectivity index (χ4n) is 1.68. The van der Waals surface area contributed by atoms with Gasteiger partial charge in [0, 0.05) is 17.5 Å². The zero-order valence-corrected chi connectivity index (χ0v) is 11.9. The van der Waals surface area contributed by atoms with Gasteiger partial charge in [-0.1, -0.05) is 6.07 Å². The van der Waals surface area contributed by atoms with E-state index in [0.29, 0.717) is 0 Å². The number of halogens is 1. The minimum absolute atomic E-state index is 0.0212. The molecule has 5 nitrogen and oxygen atoms in total. The fraction of sp³-hybridized carbons (Fsp3) is 0.0714. The van der Waals surface area contributed by atoms with Crippen LogP contribution < -0.4 is 11.1 Å². The number of amides is 1. The molecule has 0 saturated heterocycles. The average Bonchev–Trinajstić information content (AvgIpc) is 2.42. The summed E-state index contributed by atoms with van der Waals surface area (Å²) in [5.74, 6) is -1.18. The van der Waals surface area contributed by atoms with Crippen LogP contribution in [0.1, 0.15) is 10.4 Å². The molecule has 0 aliphatic heterocycles. The summed E-state index contributed by atoms with van der Waals surface area (Å²) in [6.07, 6.45) is 1.05. The van der Waals surface area contributed by atoms with Crippen molar-refractivity contribution in [3.8, 4) is 0 Å². The first-order valence-electron chi connectivity index (χ1n) is 5.94. The maximum atomic E-state index is 13.3. The standard InChI is InChI=1S/C14H13FN2O3S/c1-21(19,20)11-4-2-3-9(7-11)14(18)17-10-5-6-13(16)12(15)8-10/h2-8H,16H2,1H3,(H,17,18). The van der Waals surface area contributed by atoms with E-state index >= 15 is 0 Å². The molecule has 0 heterocycles. The molecule has 0 bridgehead atoms. The number of hydrogen-bond acceptors (Lipinski definition) is 4. The third-order valence-corrected chi connectivity index (χ3v) is 3.89. The van der Waals surface area contributed by atoms with E-state index in [1.807, 2.05) is 0 Å². The van der Waals surface area contributed by atoms with Gasteiger partial charge in [-0.25, -0.2) is 12.8 Å². The van der Waals surface area contributed by atoms with Crippen molar-refractivity contribution in [2.45, 2.75) is 4.90 Å². The molecule has 21 heavy (non-hydrogen) atoms. The Morgan fingerprint density at radius 1 is 1.19 bits per heavy atom. The Labute approximate surface area is 121 Å². The van der Waals surface area contributed by atoms with Gasteiger partial charge >= 0.3 is 0 Å². The van der Waals surface area contributed by atoms with Gasteiger partial charge in [-0.2, -0.15) is 0 Å². The van der Waals surface area contributed by atoms with E-state index < -0.39 is 21.6 Å². The molecule has 0 fully saturated rings. The van der Waals surface area contributed by atoms with Gasteiger partial charge in [0.05, 0.1) is 10.6 Å². The highest BCUT2D eigenvalue weighted by Gasteiger charge is 2.12. The number of nitrogens with two attached hydrogens (primary N) is 1. The van der Waals surface area contributed by atoms with Gasteiger partial charge in [-0.3, -0.25) is 4.79 Å². The summed E-state index contributed by atoms with van der Waals surface area (Å²) in [6.45, 7) is 0. The number of nitrogen functional groups attached to an aromatic ring is 1. The Morgan fingerprint density at radius 3 is 2.52 bits per heavy atom. The van der Waals surface area contributed by atoms with Gasteiger partial charge in [0.2, 0.25) is 0 Å². The normalized spacial score (nSPS) is 11.1. The SMILES string of the molecule is CS(=O)(=O)c1cccc(C(=O)Nc2ccc(N)c(F)c2)c1. The molecule has 0 aliphatic carbocycles. The van der Waals surface area contributed by atoms with Crippen LogP contribution in [0.15, 0.2) is 47.4 Å². The Bertz CT molecular complexity index is 804. The van der Waals surface area contributed by atoms with Crippen LogP contribution in [0, 0.1) is 5.82 Å². The summed E-state index contributed by atoms with van der Waals surface area (Å²) in [5.41, 5.74) is 5.72. The van der Waals surface area contributed by atoms with E-state index in [-0.39, 0.29) is 21.8 Å². The first kappa shape index (κ1) is 15.0. The molecule has 0 aromatic heterocycles. The summed E-state index contributed by atoms with van der Waals surface area (Å²) in [4.78, 5) is 12.1. The van der Waals surface area contributed by atoms with Crippen molar-refractivity contribution in [1.29, 1.82) is 0 Å². The number of rotatable bonds is 3. The van der Waals surface area contributed by atoms with Crippen LogP contribution in [0.5, 0.6) is 0 Å². The summed E-state index contributed by atoms with van der Waals surface area (Å²) in [5, 5.41) is 2.48. The molecule has 2 aromatic rings. The highest BCUT2D eigenvalue weighted by atomic mass is 32.2. The molecular weight excluding hydrogens is 295 g/mol. The number of carbonyl (C=O) groups is 1. The molecule has 0 saturated carbocycles. The third-order valence-electron chi connectivity index (χ3n) is 2.78. The monoisotopic (exact) mass is 308 g/mol. The second-order valence-electron chi connectivity index (χ2n) is 4.49. The first-order chi connectivity index (χ1) is 9.77. The summed E-state index contributed by atoms with van der Waals surface area (Å²) < 4.78 is 36.2. The molecule has 0 radical (unpaired) electrons. The molecule has 2 rings (SSSR count). The van der Waals surface area contributed by atoms with Gasteiger partial charge in [-0.05, 0) is 36.4 Å². The van der Waals surface area contributed by atoms with E-state index in [0.717, 1.165) is 12.3 Å². The Kier molecular flexibility index (Phi) is 3.95. The lowest BCUT2D eigenvalue weighted by Gasteiger charge is -2.07. The van der Waals surface area contributed by atoms with Crippen LogP contribution in [0.25, 0.3) is 0 Å². The second kappa shape index (κ2) is 5.53. The topological polar surface area (TPSA) is 89.3 Å². The van der Waals surface area contributed by atoms with Crippen LogP contribution in [-0.4, -0.2) is 20.6 Å². The summed E-state index contributed by atoms with van der Waals surface area (Å²) in [7, 11) is -3.40. The number of anilines is 2. The number of carbonyl (C=O) groups excluding carboxylic acids is 1. The van der Waals surface area contributed by atoms with Crippen LogP contribution in [0.4, 0.5) is 15.8 Å². The van der Waals surface area contributed by atoms with Crippen molar-refractivity contribution in [3.05, 3.63) is 53.8 Å². The van der Waals surface area contributed by atoms with Crippen LogP contribution >= 0.6 is 0 Å². The molecule has 110 valence electrons. The predicted octanol–water partition coefficient (Wildman–Crippen LogP) is 2.06. The van der Waals surface area contributed by atoms with Crippen LogP contribution in [0.3, 0.4) is 0 Å². The van der Waals surface area contributed by atoms with E-state index in [4.69, 9.17) is 5.73 Å². The second-order valence-corrected chi connectivity index (χ2v) is 6.51. The Morgan fingerprint density at radius 2 is 1.90 bits per heavy atom. The lowest BCUT2D eigenvalue weighted by Crippen LogP contribution is -2.13. The molecule has 0 spiro atoms. The molecule has 7 heteroatoms. The van der Waals surface area contributed by atoms with Crippen molar-refractivity contribution in [2.75, 3.05) is 17.3 Å². The maximum Gasteiger partial charge on any atom is 0.255 e. The fourth-order valence-corrected chi connectivity index (χ4v) is 2.34. The van der Waals surface area contributed by atoms with E-state index in [2.05, 4.69) is 5.32 Å². The van der Waals surface area contributed by atoms with Gasteiger partial charge in [0.1, 0.15) is 5.82 Å². The van der Waals surface area contributed by atoms with Crippen molar-refractivity contribution in [1.82, 2.24) is 0 Å². The highest BCUT2D eigenvalue weighted by Crippen LogP contribution is 2.17. The highest BCUT2D eigenvalue weighted by molar-refractivity contribution is 7.90. The average molecular weight is 308 g/mol. The smallest absolute Gasteiger partial charge is 0.255 e. The van der Waals surface area contributed by atoms with Gasteiger partial charge in [0.15, 0.2) is 9.84 Å². The van der Waals surface area contributed by atoms with E-state index in [1.54, 1.807) is 0 Å². The molecule has 0 unspecified atom stereocenters. The third kappa shape index (κ3) is 3.57. The zero-order valence-electron chi connectivity index (χ0n) is 11.1. The largest absolute Gasteiger partial charge is 0.396 e. The number of hydrogen-bond donors (Lipinski definition) is 2. The molecular formula is C14H13FN2O3S. The number of benzene rings is 2. The molecule has 0 atom stereocenters. The van der Waals surface area contributed by atoms with Crippen molar-refractivity contribution < 1.29 is 17.6 Å². The van der Waals surface area contributed by atoms with Crippen molar-refractivity contribution >= 4 is 27.1 Å². The van der Waals surface area contributed by atoms with Crippen molar-refractivity contribution in [2.24, 2.45) is 0 Å². The molecule has 1 amide bonds. The summed E-state index contributed by atoms with van der Waals surface area (Å²) >= 11 is 0. The van der Waals surface area contributed by atoms with Gasteiger partial charge in [0.25, 0.3) is 5.91 Å². The Balaban J connectivity index is 2.26. The first-order valence-corrected chi connectivity index (χ1v) is 7.83. The number of sulfone groups is 1. The van der Waals surface area contributed by atoms with Gasteiger partial charge < -0.3 is 11.1 Å². The summed E-state index contributed by atoms with van der Waals surface area (Å²) in [6, 6.07) is 9.47. The molecule has 2 aromatic carbocycles.